The molecular weight excluding hydrogens is 180 g/mol. The predicted molar refractivity (Wildman–Crippen MR) is 53.8 cm³/mol. The monoisotopic (exact) mass is 194 g/mol. The molecule has 0 saturated heterocycles. The largest absolute Gasteiger partial charge is 0.478 e. The lowest BCUT2D eigenvalue weighted by atomic mass is 10.1. The zero-order valence-electron chi connectivity index (χ0n) is 8.61. The molecule has 0 aromatic carbocycles. The Morgan fingerprint density at radius 2 is 2.36 bits per heavy atom. The van der Waals surface area contributed by atoms with Crippen LogP contribution in [0.2, 0.25) is 0 Å². The van der Waals surface area contributed by atoms with Crippen molar-refractivity contribution in [3.8, 4) is 0 Å². The number of hydrogen-bond acceptors (Lipinski definition) is 2. The summed E-state index contributed by atoms with van der Waals surface area (Å²) in [6.07, 6.45) is 3.91. The molecule has 1 N–H and O–H groups in total. The summed E-state index contributed by atoms with van der Waals surface area (Å²) in [5.41, 5.74) is 2.24. The van der Waals surface area contributed by atoms with Gasteiger partial charge in [-0.2, -0.15) is 5.10 Å². The van der Waals surface area contributed by atoms with Crippen LogP contribution in [-0.4, -0.2) is 20.9 Å². The van der Waals surface area contributed by atoms with Crippen LogP contribution in [0.4, 0.5) is 0 Å². The van der Waals surface area contributed by atoms with Crippen molar-refractivity contribution >= 4 is 12.0 Å². The molecule has 14 heavy (non-hydrogen) atoms. The SMILES string of the molecule is CC/C(=C\c1c(C)cnn1C)C(=O)O. The van der Waals surface area contributed by atoms with Crippen molar-refractivity contribution in [3.63, 3.8) is 0 Å². The molecule has 4 nitrogen and oxygen atoms in total. The summed E-state index contributed by atoms with van der Waals surface area (Å²) in [7, 11) is 1.80. The predicted octanol–water partition coefficient (Wildman–Crippen LogP) is 1.61. The minimum Gasteiger partial charge on any atom is -0.478 e. The van der Waals surface area contributed by atoms with Gasteiger partial charge >= 0.3 is 5.97 Å². The molecule has 0 amide bonds. The van der Waals surface area contributed by atoms with Crippen LogP contribution in [0.25, 0.3) is 6.08 Å². The maximum Gasteiger partial charge on any atom is 0.331 e. The first kappa shape index (κ1) is 10.5. The van der Waals surface area contributed by atoms with E-state index in [0.29, 0.717) is 12.0 Å². The van der Waals surface area contributed by atoms with Crippen molar-refractivity contribution in [1.82, 2.24) is 9.78 Å². The topological polar surface area (TPSA) is 55.1 Å². The maximum absolute atomic E-state index is 10.8. The van der Waals surface area contributed by atoms with Crippen LogP contribution in [0.5, 0.6) is 0 Å². The van der Waals surface area contributed by atoms with Crippen LogP contribution in [0.15, 0.2) is 11.8 Å². The zero-order valence-corrected chi connectivity index (χ0v) is 8.61. The van der Waals surface area contributed by atoms with Gasteiger partial charge in [0.25, 0.3) is 0 Å². The lowest BCUT2D eigenvalue weighted by molar-refractivity contribution is -0.132. The summed E-state index contributed by atoms with van der Waals surface area (Å²) < 4.78 is 1.67. The number of aliphatic carboxylic acids is 1. The second-order valence-electron chi connectivity index (χ2n) is 3.16. The molecule has 4 heteroatoms. The molecule has 0 atom stereocenters. The van der Waals surface area contributed by atoms with E-state index in [2.05, 4.69) is 5.10 Å². The van der Waals surface area contributed by atoms with Crippen molar-refractivity contribution in [2.45, 2.75) is 20.3 Å². The smallest absolute Gasteiger partial charge is 0.331 e. The van der Waals surface area contributed by atoms with Crippen LogP contribution in [0, 0.1) is 6.92 Å². The van der Waals surface area contributed by atoms with Gasteiger partial charge < -0.3 is 5.11 Å². The lowest BCUT2D eigenvalue weighted by Crippen LogP contribution is -2.01. The number of aromatic nitrogens is 2. The van der Waals surface area contributed by atoms with E-state index in [9.17, 15) is 4.79 Å². The molecule has 76 valence electrons. The summed E-state index contributed by atoms with van der Waals surface area (Å²) in [4.78, 5) is 10.8. The van der Waals surface area contributed by atoms with E-state index in [1.807, 2.05) is 13.8 Å². The van der Waals surface area contributed by atoms with E-state index in [1.54, 1.807) is 24.0 Å². The van der Waals surface area contributed by atoms with E-state index >= 15 is 0 Å². The molecule has 1 rings (SSSR count). The number of rotatable bonds is 3. The quantitative estimate of drug-likeness (QED) is 0.744. The second kappa shape index (κ2) is 4.09. The van der Waals surface area contributed by atoms with Gasteiger partial charge in [-0.25, -0.2) is 4.79 Å². The molecule has 0 aliphatic carbocycles. The van der Waals surface area contributed by atoms with Crippen molar-refractivity contribution in [3.05, 3.63) is 23.0 Å². The third kappa shape index (κ3) is 2.02. The second-order valence-corrected chi connectivity index (χ2v) is 3.16. The van der Waals surface area contributed by atoms with E-state index in [1.165, 1.54) is 0 Å². The summed E-state index contributed by atoms with van der Waals surface area (Å²) >= 11 is 0. The van der Waals surface area contributed by atoms with E-state index in [0.717, 1.165) is 11.3 Å². The molecule has 0 bridgehead atoms. The van der Waals surface area contributed by atoms with Gasteiger partial charge in [-0.3, -0.25) is 4.68 Å². The number of carboxylic acid groups (broad SMARTS) is 1. The Bertz CT molecular complexity index is 358. The number of aryl methyl sites for hydroxylation is 2. The average molecular weight is 194 g/mol. The molecular formula is C10H14N2O2. The van der Waals surface area contributed by atoms with Gasteiger partial charge in [0.05, 0.1) is 11.9 Å². The Kier molecular flexibility index (Phi) is 3.06. The first-order valence-corrected chi connectivity index (χ1v) is 4.48. The Balaban J connectivity index is 3.12. The third-order valence-electron chi connectivity index (χ3n) is 2.14. The average Bonchev–Trinajstić information content (AvgIpc) is 2.43. The van der Waals surface area contributed by atoms with Gasteiger partial charge in [-0.05, 0) is 25.0 Å². The van der Waals surface area contributed by atoms with Gasteiger partial charge in [-0.1, -0.05) is 6.92 Å². The Hall–Kier alpha value is -1.58. The first-order chi connectivity index (χ1) is 6.56. The van der Waals surface area contributed by atoms with Crippen molar-refractivity contribution in [2.75, 3.05) is 0 Å². The molecule has 0 aliphatic rings. The third-order valence-corrected chi connectivity index (χ3v) is 2.14. The minimum absolute atomic E-state index is 0.400. The molecule has 0 aliphatic heterocycles. The highest BCUT2D eigenvalue weighted by Crippen LogP contribution is 2.13. The Labute approximate surface area is 82.9 Å². The summed E-state index contributed by atoms with van der Waals surface area (Å²) in [5.74, 6) is -0.867. The highest BCUT2D eigenvalue weighted by atomic mass is 16.4. The van der Waals surface area contributed by atoms with E-state index in [4.69, 9.17) is 5.11 Å². The highest BCUT2D eigenvalue weighted by molar-refractivity contribution is 5.91. The fourth-order valence-electron chi connectivity index (χ4n) is 1.24. The highest BCUT2D eigenvalue weighted by Gasteiger charge is 2.07. The standard InChI is InChI=1S/C10H14N2O2/c1-4-8(10(13)14)5-9-7(2)6-11-12(9)3/h5-6H,4H2,1-3H3,(H,13,14)/b8-5+. The molecule has 0 spiro atoms. The van der Waals surface area contributed by atoms with E-state index < -0.39 is 5.97 Å². The molecule has 1 aromatic heterocycles. The normalized spacial score (nSPS) is 11.8. The fourth-order valence-corrected chi connectivity index (χ4v) is 1.24. The van der Waals surface area contributed by atoms with E-state index in [-0.39, 0.29) is 0 Å². The van der Waals surface area contributed by atoms with Crippen LogP contribution in [0.1, 0.15) is 24.6 Å². The summed E-state index contributed by atoms with van der Waals surface area (Å²) in [6, 6.07) is 0. The Morgan fingerprint density at radius 1 is 1.71 bits per heavy atom. The fraction of sp³-hybridized carbons (Fsp3) is 0.400. The van der Waals surface area contributed by atoms with Gasteiger partial charge in [-0.15, -0.1) is 0 Å². The zero-order chi connectivity index (χ0) is 10.7. The molecule has 0 radical (unpaired) electrons. The van der Waals surface area contributed by atoms with Crippen molar-refractivity contribution < 1.29 is 9.90 Å². The molecule has 1 aromatic rings. The first-order valence-electron chi connectivity index (χ1n) is 4.48. The Morgan fingerprint density at radius 3 is 2.71 bits per heavy atom. The summed E-state index contributed by atoms with van der Waals surface area (Å²) in [6.45, 7) is 3.74. The van der Waals surface area contributed by atoms with Gasteiger partial charge in [0, 0.05) is 12.6 Å². The van der Waals surface area contributed by atoms with Gasteiger partial charge in [0.15, 0.2) is 0 Å². The number of nitrogens with zero attached hydrogens (tertiary/aromatic N) is 2. The molecule has 0 saturated carbocycles. The minimum atomic E-state index is -0.867. The van der Waals surface area contributed by atoms with Crippen LogP contribution >= 0.6 is 0 Å². The maximum atomic E-state index is 10.8. The van der Waals surface area contributed by atoms with Crippen molar-refractivity contribution in [1.29, 1.82) is 0 Å². The molecule has 1 heterocycles. The summed E-state index contributed by atoms with van der Waals surface area (Å²) in [5, 5.41) is 12.9. The van der Waals surface area contributed by atoms with Crippen LogP contribution in [-0.2, 0) is 11.8 Å². The van der Waals surface area contributed by atoms with Gasteiger partial charge in [0.1, 0.15) is 0 Å². The number of carbonyl (C=O) groups is 1. The number of hydrogen-bond donors (Lipinski definition) is 1. The molecule has 0 fully saturated rings. The van der Waals surface area contributed by atoms with Gasteiger partial charge in [0.2, 0.25) is 0 Å². The number of carboxylic acids is 1. The lowest BCUT2D eigenvalue weighted by Gasteiger charge is -2.00. The van der Waals surface area contributed by atoms with Crippen LogP contribution < -0.4 is 0 Å². The van der Waals surface area contributed by atoms with Crippen molar-refractivity contribution in [2.24, 2.45) is 7.05 Å². The van der Waals surface area contributed by atoms with Crippen LogP contribution in [0.3, 0.4) is 0 Å². The molecule has 0 unspecified atom stereocenters.